The molecule has 1 aromatic heterocycles. The van der Waals surface area contributed by atoms with E-state index in [-0.39, 0.29) is 0 Å². The number of benzene rings is 1. The molecule has 1 N–H and O–H groups in total. The van der Waals surface area contributed by atoms with Crippen LogP contribution in [-0.2, 0) is 0 Å². The number of hydrogen-bond acceptors (Lipinski definition) is 5. The van der Waals surface area contributed by atoms with Crippen molar-refractivity contribution in [3.05, 3.63) is 48.8 Å². The van der Waals surface area contributed by atoms with Crippen LogP contribution >= 0.6 is 0 Å². The van der Waals surface area contributed by atoms with Gasteiger partial charge in [0.05, 0.1) is 26.4 Å². The van der Waals surface area contributed by atoms with Crippen molar-refractivity contribution in [1.29, 1.82) is 0 Å². The Kier molecular flexibility index (Phi) is 8.76. The third-order valence-corrected chi connectivity index (χ3v) is 3.71. The van der Waals surface area contributed by atoms with Gasteiger partial charge in [-0.25, -0.2) is 4.99 Å². The Morgan fingerprint density at radius 2 is 1.81 bits per heavy atom. The summed E-state index contributed by atoms with van der Waals surface area (Å²) in [6, 6.07) is 11.3. The first kappa shape index (κ1) is 20.4. The molecule has 2 rings (SSSR count). The molecule has 0 aliphatic carbocycles. The van der Waals surface area contributed by atoms with E-state index in [1.54, 1.807) is 19.5 Å². The topological polar surface area (TPSA) is 68.2 Å². The van der Waals surface area contributed by atoms with Gasteiger partial charge in [-0.15, -0.1) is 0 Å². The zero-order valence-corrected chi connectivity index (χ0v) is 16.2. The molecule has 2 aromatic rings. The minimum atomic E-state index is 0.497. The van der Waals surface area contributed by atoms with Gasteiger partial charge in [0.1, 0.15) is 30.5 Å². The highest BCUT2D eigenvalue weighted by Crippen LogP contribution is 2.16. The number of ether oxygens (including phenoxy) is 3. The van der Waals surface area contributed by atoms with Gasteiger partial charge in [0.25, 0.3) is 0 Å². The van der Waals surface area contributed by atoms with Gasteiger partial charge < -0.3 is 24.4 Å². The predicted octanol–water partition coefficient (Wildman–Crippen LogP) is 2.45. The zero-order valence-electron chi connectivity index (χ0n) is 16.2. The van der Waals surface area contributed by atoms with Crippen molar-refractivity contribution in [2.24, 2.45) is 4.99 Å². The summed E-state index contributed by atoms with van der Waals surface area (Å²) in [5.74, 6) is 3.20. The lowest BCUT2D eigenvalue weighted by Crippen LogP contribution is -2.41. The van der Waals surface area contributed by atoms with Gasteiger partial charge in [0.2, 0.25) is 0 Å². The lowest BCUT2D eigenvalue weighted by atomic mass is 10.3. The SMILES string of the molecule is CCNC(=NCCOc1cccnc1)N(C)CCOc1ccc(OC)cc1. The van der Waals surface area contributed by atoms with Crippen molar-refractivity contribution in [2.45, 2.75) is 6.92 Å². The van der Waals surface area contributed by atoms with E-state index in [0.717, 1.165) is 29.8 Å². The van der Waals surface area contributed by atoms with Gasteiger partial charge in [-0.3, -0.25) is 4.98 Å². The molecule has 27 heavy (non-hydrogen) atoms. The van der Waals surface area contributed by atoms with E-state index in [4.69, 9.17) is 14.2 Å². The number of pyridine rings is 1. The molecular formula is C20H28N4O3. The molecule has 0 saturated heterocycles. The van der Waals surface area contributed by atoms with E-state index in [9.17, 15) is 0 Å². The van der Waals surface area contributed by atoms with Gasteiger partial charge in [0, 0.05) is 19.8 Å². The van der Waals surface area contributed by atoms with Crippen LogP contribution in [0.2, 0.25) is 0 Å². The molecule has 7 heteroatoms. The smallest absolute Gasteiger partial charge is 0.193 e. The van der Waals surface area contributed by atoms with Crippen LogP contribution in [0.3, 0.4) is 0 Å². The van der Waals surface area contributed by atoms with Crippen molar-refractivity contribution in [2.75, 3.05) is 47.0 Å². The molecule has 7 nitrogen and oxygen atoms in total. The second-order valence-corrected chi connectivity index (χ2v) is 5.72. The molecule has 0 bridgehead atoms. The summed E-state index contributed by atoms with van der Waals surface area (Å²) >= 11 is 0. The van der Waals surface area contributed by atoms with Gasteiger partial charge in [-0.1, -0.05) is 0 Å². The second kappa shape index (κ2) is 11.6. The number of rotatable bonds is 10. The first-order chi connectivity index (χ1) is 13.2. The van der Waals surface area contributed by atoms with Crippen molar-refractivity contribution in [3.63, 3.8) is 0 Å². The maximum Gasteiger partial charge on any atom is 0.193 e. The maximum absolute atomic E-state index is 5.78. The van der Waals surface area contributed by atoms with Crippen molar-refractivity contribution >= 4 is 5.96 Å². The molecule has 0 amide bonds. The number of methoxy groups -OCH3 is 1. The van der Waals surface area contributed by atoms with Crippen LogP contribution < -0.4 is 19.5 Å². The molecule has 0 fully saturated rings. The van der Waals surface area contributed by atoms with Gasteiger partial charge in [-0.05, 0) is 43.3 Å². The Morgan fingerprint density at radius 1 is 1.07 bits per heavy atom. The normalized spacial score (nSPS) is 11.0. The van der Waals surface area contributed by atoms with Gasteiger partial charge in [-0.2, -0.15) is 0 Å². The molecule has 0 aliphatic rings. The molecule has 146 valence electrons. The monoisotopic (exact) mass is 372 g/mol. The fourth-order valence-corrected chi connectivity index (χ4v) is 2.30. The maximum atomic E-state index is 5.78. The van der Waals surface area contributed by atoms with Crippen LogP contribution in [0.4, 0.5) is 0 Å². The predicted molar refractivity (Wildman–Crippen MR) is 107 cm³/mol. The van der Waals surface area contributed by atoms with E-state index in [1.807, 2.05) is 55.3 Å². The molecule has 0 unspecified atom stereocenters. The van der Waals surface area contributed by atoms with Gasteiger partial charge in [0.15, 0.2) is 5.96 Å². The number of nitrogens with one attached hydrogen (secondary N) is 1. The third-order valence-electron chi connectivity index (χ3n) is 3.71. The van der Waals surface area contributed by atoms with E-state index in [0.29, 0.717) is 26.3 Å². The van der Waals surface area contributed by atoms with Gasteiger partial charge >= 0.3 is 0 Å². The van der Waals surface area contributed by atoms with Crippen LogP contribution in [0.1, 0.15) is 6.92 Å². The average Bonchev–Trinajstić information content (AvgIpc) is 2.71. The molecule has 0 aliphatic heterocycles. The first-order valence-corrected chi connectivity index (χ1v) is 9.02. The summed E-state index contributed by atoms with van der Waals surface area (Å²) in [5, 5.41) is 3.28. The van der Waals surface area contributed by atoms with Crippen LogP contribution in [0.15, 0.2) is 53.8 Å². The van der Waals surface area contributed by atoms with Crippen molar-refractivity contribution in [3.8, 4) is 17.2 Å². The quantitative estimate of drug-likeness (QED) is 0.393. The Bertz CT molecular complexity index is 677. The number of aromatic nitrogens is 1. The minimum absolute atomic E-state index is 0.497. The molecule has 0 radical (unpaired) electrons. The van der Waals surface area contributed by atoms with Crippen LogP contribution in [0.5, 0.6) is 17.2 Å². The van der Waals surface area contributed by atoms with E-state index < -0.39 is 0 Å². The number of aliphatic imine (C=N–C) groups is 1. The van der Waals surface area contributed by atoms with E-state index in [1.165, 1.54) is 0 Å². The summed E-state index contributed by atoms with van der Waals surface area (Å²) in [7, 11) is 3.63. The Balaban J connectivity index is 1.75. The summed E-state index contributed by atoms with van der Waals surface area (Å²) in [6.45, 7) is 5.16. The summed E-state index contributed by atoms with van der Waals surface area (Å²) in [6.07, 6.45) is 3.41. The Morgan fingerprint density at radius 3 is 2.48 bits per heavy atom. The summed E-state index contributed by atoms with van der Waals surface area (Å²) in [5.41, 5.74) is 0. The fraction of sp³-hybridized carbons (Fsp3) is 0.400. The van der Waals surface area contributed by atoms with Crippen LogP contribution in [0.25, 0.3) is 0 Å². The highest BCUT2D eigenvalue weighted by molar-refractivity contribution is 5.79. The average molecular weight is 372 g/mol. The van der Waals surface area contributed by atoms with E-state index in [2.05, 4.69) is 15.3 Å². The Labute approximate surface area is 161 Å². The number of guanidine groups is 1. The van der Waals surface area contributed by atoms with E-state index >= 15 is 0 Å². The first-order valence-electron chi connectivity index (χ1n) is 9.02. The summed E-state index contributed by atoms with van der Waals surface area (Å²) in [4.78, 5) is 10.7. The molecule has 1 heterocycles. The number of nitrogens with zero attached hydrogens (tertiary/aromatic N) is 3. The zero-order chi connectivity index (χ0) is 19.3. The Hall–Kier alpha value is -2.96. The highest BCUT2D eigenvalue weighted by atomic mass is 16.5. The third kappa shape index (κ3) is 7.43. The molecule has 0 saturated carbocycles. The highest BCUT2D eigenvalue weighted by Gasteiger charge is 2.06. The summed E-state index contributed by atoms with van der Waals surface area (Å²) < 4.78 is 16.5. The van der Waals surface area contributed by atoms with Crippen molar-refractivity contribution < 1.29 is 14.2 Å². The van der Waals surface area contributed by atoms with Crippen molar-refractivity contribution in [1.82, 2.24) is 15.2 Å². The number of hydrogen-bond donors (Lipinski definition) is 1. The lowest BCUT2D eigenvalue weighted by molar-refractivity contribution is 0.280. The largest absolute Gasteiger partial charge is 0.497 e. The number of likely N-dealkylation sites (N-methyl/N-ethyl adjacent to an activating group) is 1. The lowest BCUT2D eigenvalue weighted by Gasteiger charge is -2.22. The second-order valence-electron chi connectivity index (χ2n) is 5.72. The molecule has 0 spiro atoms. The minimum Gasteiger partial charge on any atom is -0.497 e. The molecule has 1 aromatic carbocycles. The molecular weight excluding hydrogens is 344 g/mol. The molecule has 0 atom stereocenters. The standard InChI is InChI=1S/C20H28N4O3/c1-4-22-20(23-12-14-26-19-6-5-11-21-16-19)24(2)13-15-27-18-9-7-17(25-3)8-10-18/h5-11,16H,4,12-15H2,1-3H3,(H,22,23). The van der Waals surface area contributed by atoms with Crippen LogP contribution in [-0.4, -0.2) is 62.8 Å². The fourth-order valence-electron chi connectivity index (χ4n) is 2.30. The van der Waals surface area contributed by atoms with Crippen LogP contribution in [0, 0.1) is 0 Å².